The molecule has 0 saturated heterocycles. The van der Waals surface area contributed by atoms with E-state index in [0.717, 1.165) is 42.4 Å². The molecule has 5 nitrogen and oxygen atoms in total. The van der Waals surface area contributed by atoms with Crippen molar-refractivity contribution in [2.75, 3.05) is 11.1 Å². The van der Waals surface area contributed by atoms with Crippen LogP contribution in [0.5, 0.6) is 0 Å². The number of benzene rings is 1. The van der Waals surface area contributed by atoms with E-state index in [1.54, 1.807) is 0 Å². The second-order valence-electron chi connectivity index (χ2n) is 5.10. The van der Waals surface area contributed by atoms with Crippen LogP contribution in [0.2, 0.25) is 0 Å². The molecule has 1 aromatic carbocycles. The van der Waals surface area contributed by atoms with Crippen molar-refractivity contribution >= 4 is 22.4 Å². The Morgan fingerprint density at radius 3 is 2.89 bits per heavy atom. The molecule has 2 unspecified atom stereocenters. The number of hydrogen-bond acceptors (Lipinski definition) is 5. The molecular weight excluding hydrogens is 240 g/mol. The maximum Gasteiger partial charge on any atom is 0.137 e. The van der Waals surface area contributed by atoms with Crippen LogP contribution in [0.1, 0.15) is 25.7 Å². The fourth-order valence-electron chi connectivity index (χ4n) is 2.64. The first-order valence-electron chi connectivity index (χ1n) is 6.69. The summed E-state index contributed by atoms with van der Waals surface area (Å²) in [6.07, 6.45) is 5.28. The van der Waals surface area contributed by atoms with Crippen LogP contribution in [-0.2, 0) is 0 Å². The molecule has 1 fully saturated rings. The Labute approximate surface area is 111 Å². The number of fused-ring (bicyclic) bond motifs is 1. The van der Waals surface area contributed by atoms with E-state index in [1.807, 2.05) is 18.2 Å². The summed E-state index contributed by atoms with van der Waals surface area (Å²) in [6.45, 7) is 0. The summed E-state index contributed by atoms with van der Waals surface area (Å²) in [5.74, 6) is 0.753. The summed E-state index contributed by atoms with van der Waals surface area (Å²) in [4.78, 5) is 8.51. The molecule has 0 bridgehead atoms. The van der Waals surface area contributed by atoms with Gasteiger partial charge in [0, 0.05) is 11.1 Å². The van der Waals surface area contributed by atoms with Crippen molar-refractivity contribution in [3.8, 4) is 0 Å². The maximum absolute atomic E-state index is 10.0. The van der Waals surface area contributed by atoms with E-state index in [9.17, 15) is 5.11 Å². The Balaban J connectivity index is 1.93. The Bertz CT molecular complexity index is 587. The third-order valence-corrected chi connectivity index (χ3v) is 3.71. The molecule has 19 heavy (non-hydrogen) atoms. The molecular formula is C14H18N4O. The van der Waals surface area contributed by atoms with Crippen molar-refractivity contribution in [3.63, 3.8) is 0 Å². The lowest BCUT2D eigenvalue weighted by molar-refractivity contribution is 0.116. The first kappa shape index (κ1) is 12.2. The van der Waals surface area contributed by atoms with Crippen molar-refractivity contribution in [2.45, 2.75) is 37.8 Å². The largest absolute Gasteiger partial charge is 0.399 e. The normalized spacial score (nSPS) is 23.4. The average Bonchev–Trinajstić information content (AvgIpc) is 2.42. The number of aromatic nitrogens is 2. The van der Waals surface area contributed by atoms with Crippen LogP contribution < -0.4 is 11.1 Å². The summed E-state index contributed by atoms with van der Waals surface area (Å²) < 4.78 is 0. The molecule has 2 aromatic rings. The number of nitrogens with two attached hydrogens (primary N) is 1. The zero-order chi connectivity index (χ0) is 13.2. The molecule has 1 aliphatic rings. The van der Waals surface area contributed by atoms with Gasteiger partial charge in [-0.3, -0.25) is 0 Å². The summed E-state index contributed by atoms with van der Waals surface area (Å²) in [5.41, 5.74) is 7.37. The van der Waals surface area contributed by atoms with Gasteiger partial charge in [0.25, 0.3) is 0 Å². The van der Waals surface area contributed by atoms with Crippen molar-refractivity contribution in [3.05, 3.63) is 24.5 Å². The summed E-state index contributed by atoms with van der Waals surface area (Å²) >= 11 is 0. The predicted molar refractivity (Wildman–Crippen MR) is 75.8 cm³/mol. The van der Waals surface area contributed by atoms with E-state index in [-0.39, 0.29) is 12.1 Å². The molecule has 4 N–H and O–H groups in total. The first-order valence-corrected chi connectivity index (χ1v) is 6.69. The van der Waals surface area contributed by atoms with Crippen molar-refractivity contribution < 1.29 is 5.11 Å². The fraction of sp³-hybridized carbons (Fsp3) is 0.429. The Kier molecular flexibility index (Phi) is 3.21. The first-order chi connectivity index (χ1) is 9.24. The highest BCUT2D eigenvalue weighted by Crippen LogP contribution is 2.26. The molecule has 1 aromatic heterocycles. The van der Waals surface area contributed by atoms with E-state index in [1.165, 1.54) is 6.33 Å². The van der Waals surface area contributed by atoms with Crippen LogP contribution in [0.3, 0.4) is 0 Å². The van der Waals surface area contributed by atoms with Crippen LogP contribution in [0.25, 0.3) is 10.9 Å². The lowest BCUT2D eigenvalue weighted by Gasteiger charge is -2.29. The SMILES string of the molecule is Nc1ccc2ncnc(NC3CCCCC3O)c2c1. The van der Waals surface area contributed by atoms with Crippen LogP contribution in [-0.4, -0.2) is 27.2 Å². The number of nitrogens with zero attached hydrogens (tertiary/aromatic N) is 2. The van der Waals surface area contributed by atoms with E-state index >= 15 is 0 Å². The molecule has 0 spiro atoms. The number of aliphatic hydroxyl groups excluding tert-OH is 1. The van der Waals surface area contributed by atoms with Crippen LogP contribution >= 0.6 is 0 Å². The zero-order valence-electron chi connectivity index (χ0n) is 10.7. The highest BCUT2D eigenvalue weighted by molar-refractivity contribution is 5.91. The Morgan fingerprint density at radius 2 is 2.05 bits per heavy atom. The number of aliphatic hydroxyl groups is 1. The lowest BCUT2D eigenvalue weighted by Crippen LogP contribution is -2.36. The van der Waals surface area contributed by atoms with Crippen LogP contribution in [0.4, 0.5) is 11.5 Å². The molecule has 100 valence electrons. The molecule has 1 aliphatic carbocycles. The van der Waals surface area contributed by atoms with E-state index in [4.69, 9.17) is 5.73 Å². The number of hydrogen-bond donors (Lipinski definition) is 3. The molecule has 3 rings (SSSR count). The van der Waals surface area contributed by atoms with Gasteiger partial charge in [0.2, 0.25) is 0 Å². The second kappa shape index (κ2) is 5.01. The predicted octanol–water partition coefficient (Wildman–Crippen LogP) is 1.93. The Hall–Kier alpha value is -1.88. The molecule has 1 heterocycles. The number of anilines is 2. The third-order valence-electron chi connectivity index (χ3n) is 3.71. The molecule has 2 atom stereocenters. The van der Waals surface area contributed by atoms with Gasteiger partial charge in [-0.1, -0.05) is 12.8 Å². The van der Waals surface area contributed by atoms with Gasteiger partial charge in [0.15, 0.2) is 0 Å². The van der Waals surface area contributed by atoms with Crippen LogP contribution in [0, 0.1) is 0 Å². The topological polar surface area (TPSA) is 84.1 Å². The van der Waals surface area contributed by atoms with Gasteiger partial charge in [-0.05, 0) is 31.0 Å². The van der Waals surface area contributed by atoms with Gasteiger partial charge in [-0.2, -0.15) is 0 Å². The summed E-state index contributed by atoms with van der Waals surface area (Å²) in [7, 11) is 0. The van der Waals surface area contributed by atoms with Gasteiger partial charge in [-0.25, -0.2) is 9.97 Å². The van der Waals surface area contributed by atoms with Gasteiger partial charge in [0.05, 0.1) is 17.7 Å². The van der Waals surface area contributed by atoms with Gasteiger partial charge < -0.3 is 16.2 Å². The van der Waals surface area contributed by atoms with Crippen LogP contribution in [0.15, 0.2) is 24.5 Å². The molecule has 0 aliphatic heterocycles. The zero-order valence-corrected chi connectivity index (χ0v) is 10.7. The smallest absolute Gasteiger partial charge is 0.137 e. The standard InChI is InChI=1S/C14H18N4O/c15-9-5-6-11-10(7-9)14(17-8-16-11)18-12-3-1-2-4-13(12)19/h5-8,12-13,19H,1-4,15H2,(H,16,17,18). The van der Waals surface area contributed by atoms with Crippen molar-refractivity contribution in [1.82, 2.24) is 9.97 Å². The fourth-order valence-corrected chi connectivity index (χ4v) is 2.64. The monoisotopic (exact) mass is 258 g/mol. The maximum atomic E-state index is 10.0. The molecule has 1 saturated carbocycles. The third kappa shape index (κ3) is 2.46. The van der Waals surface area contributed by atoms with Gasteiger partial charge in [0.1, 0.15) is 12.1 Å². The average molecular weight is 258 g/mol. The number of nitrogens with one attached hydrogen (secondary N) is 1. The highest BCUT2D eigenvalue weighted by Gasteiger charge is 2.23. The number of nitrogen functional groups attached to an aromatic ring is 1. The molecule has 0 radical (unpaired) electrons. The van der Waals surface area contributed by atoms with Crippen molar-refractivity contribution in [2.24, 2.45) is 0 Å². The van der Waals surface area contributed by atoms with E-state index in [0.29, 0.717) is 5.69 Å². The quantitative estimate of drug-likeness (QED) is 0.717. The summed E-state index contributed by atoms with van der Waals surface area (Å²) in [6, 6.07) is 5.64. The second-order valence-corrected chi connectivity index (χ2v) is 5.10. The van der Waals surface area contributed by atoms with E-state index < -0.39 is 0 Å². The summed E-state index contributed by atoms with van der Waals surface area (Å²) in [5, 5.41) is 14.3. The van der Waals surface area contributed by atoms with Crippen molar-refractivity contribution in [1.29, 1.82) is 0 Å². The molecule has 5 heteroatoms. The lowest BCUT2D eigenvalue weighted by atomic mass is 9.92. The minimum absolute atomic E-state index is 0.0632. The minimum Gasteiger partial charge on any atom is -0.399 e. The van der Waals surface area contributed by atoms with Gasteiger partial charge >= 0.3 is 0 Å². The highest BCUT2D eigenvalue weighted by atomic mass is 16.3. The Morgan fingerprint density at radius 1 is 1.21 bits per heavy atom. The van der Waals surface area contributed by atoms with Gasteiger partial charge in [-0.15, -0.1) is 0 Å². The minimum atomic E-state index is -0.306. The molecule has 0 amide bonds. The van der Waals surface area contributed by atoms with E-state index in [2.05, 4.69) is 15.3 Å². The number of rotatable bonds is 2.